The van der Waals surface area contributed by atoms with Crippen LogP contribution in [0.5, 0.6) is 0 Å². The highest BCUT2D eigenvalue weighted by Gasteiger charge is 2.18. The van der Waals surface area contributed by atoms with E-state index in [1.165, 1.54) is 4.52 Å². The number of aromatic nitrogens is 3. The van der Waals surface area contributed by atoms with Crippen LogP contribution in [0.15, 0.2) is 12.3 Å². The number of aryl methyl sites for hydroxylation is 1. The van der Waals surface area contributed by atoms with Crippen molar-refractivity contribution in [1.82, 2.24) is 14.6 Å². The molecule has 2 heterocycles. The summed E-state index contributed by atoms with van der Waals surface area (Å²) in [5, 5.41) is 12.6. The third-order valence-electron chi connectivity index (χ3n) is 1.80. The molecule has 14 heavy (non-hydrogen) atoms. The largest absolute Gasteiger partial charge is 0.477 e. The van der Waals surface area contributed by atoms with Gasteiger partial charge in [0.15, 0.2) is 10.8 Å². The zero-order chi connectivity index (χ0) is 10.3. The third kappa shape index (κ3) is 1.22. The highest BCUT2D eigenvalue weighted by atomic mass is 35.5. The Morgan fingerprint density at radius 3 is 3.00 bits per heavy atom. The van der Waals surface area contributed by atoms with E-state index in [4.69, 9.17) is 16.7 Å². The number of nitrogens with zero attached hydrogens (tertiary/aromatic N) is 3. The SMILES string of the molecule is Cc1ccn2nc(Cl)c(C(=O)O)c2n1. The molecule has 0 saturated carbocycles. The van der Waals surface area contributed by atoms with Crippen molar-refractivity contribution in [2.45, 2.75) is 6.92 Å². The number of hydrogen-bond donors (Lipinski definition) is 1. The molecule has 0 unspecified atom stereocenters. The summed E-state index contributed by atoms with van der Waals surface area (Å²) in [5.41, 5.74) is 0.925. The van der Waals surface area contributed by atoms with Crippen LogP contribution in [0.1, 0.15) is 16.1 Å². The van der Waals surface area contributed by atoms with E-state index < -0.39 is 5.97 Å². The minimum Gasteiger partial charge on any atom is -0.477 e. The number of carboxylic acids is 1. The molecule has 72 valence electrons. The van der Waals surface area contributed by atoms with Crippen LogP contribution in [0.2, 0.25) is 5.15 Å². The van der Waals surface area contributed by atoms with Crippen molar-refractivity contribution >= 4 is 23.2 Å². The Hall–Kier alpha value is -1.62. The second-order valence-corrected chi connectivity index (χ2v) is 3.17. The summed E-state index contributed by atoms with van der Waals surface area (Å²) in [6, 6.07) is 1.72. The summed E-state index contributed by atoms with van der Waals surface area (Å²) in [7, 11) is 0. The first-order chi connectivity index (χ1) is 6.59. The van der Waals surface area contributed by atoms with Gasteiger partial charge < -0.3 is 5.11 Å². The molecule has 0 spiro atoms. The van der Waals surface area contributed by atoms with Gasteiger partial charge in [-0.2, -0.15) is 5.10 Å². The minimum absolute atomic E-state index is 0.0457. The fraction of sp³-hybridized carbons (Fsp3) is 0.125. The van der Waals surface area contributed by atoms with Gasteiger partial charge >= 0.3 is 5.97 Å². The Labute approximate surface area is 83.9 Å². The van der Waals surface area contributed by atoms with E-state index in [-0.39, 0.29) is 16.4 Å². The van der Waals surface area contributed by atoms with Gasteiger partial charge in [-0.1, -0.05) is 11.6 Å². The number of halogens is 1. The van der Waals surface area contributed by atoms with E-state index in [1.54, 1.807) is 19.2 Å². The van der Waals surface area contributed by atoms with Crippen LogP contribution < -0.4 is 0 Å². The second-order valence-electron chi connectivity index (χ2n) is 2.81. The smallest absolute Gasteiger partial charge is 0.342 e. The Morgan fingerprint density at radius 1 is 1.64 bits per heavy atom. The molecular weight excluding hydrogens is 206 g/mol. The van der Waals surface area contributed by atoms with E-state index in [2.05, 4.69) is 10.1 Å². The number of hydrogen-bond acceptors (Lipinski definition) is 3. The van der Waals surface area contributed by atoms with Crippen molar-refractivity contribution in [1.29, 1.82) is 0 Å². The zero-order valence-electron chi connectivity index (χ0n) is 7.23. The lowest BCUT2D eigenvalue weighted by atomic mass is 10.3. The van der Waals surface area contributed by atoms with Crippen molar-refractivity contribution in [2.24, 2.45) is 0 Å². The highest BCUT2D eigenvalue weighted by Crippen LogP contribution is 2.18. The first-order valence-electron chi connectivity index (χ1n) is 3.84. The van der Waals surface area contributed by atoms with Crippen LogP contribution in [0.3, 0.4) is 0 Å². The van der Waals surface area contributed by atoms with E-state index in [9.17, 15) is 4.79 Å². The van der Waals surface area contributed by atoms with Crippen molar-refractivity contribution in [3.63, 3.8) is 0 Å². The summed E-state index contributed by atoms with van der Waals surface area (Å²) in [4.78, 5) is 14.9. The molecule has 1 N–H and O–H groups in total. The maximum atomic E-state index is 10.8. The highest BCUT2D eigenvalue weighted by molar-refractivity contribution is 6.33. The molecule has 0 aliphatic rings. The Kier molecular flexibility index (Phi) is 1.89. The quantitative estimate of drug-likeness (QED) is 0.774. The first kappa shape index (κ1) is 8.96. The third-order valence-corrected chi connectivity index (χ3v) is 2.06. The van der Waals surface area contributed by atoms with Crippen molar-refractivity contribution in [3.05, 3.63) is 28.7 Å². The average molecular weight is 212 g/mol. The fourth-order valence-electron chi connectivity index (χ4n) is 1.18. The molecule has 0 fully saturated rings. The van der Waals surface area contributed by atoms with E-state index in [0.29, 0.717) is 0 Å². The Balaban J connectivity index is 2.86. The maximum Gasteiger partial charge on any atom is 0.342 e. The topological polar surface area (TPSA) is 67.5 Å². The monoisotopic (exact) mass is 211 g/mol. The molecule has 6 heteroatoms. The number of aromatic carboxylic acids is 1. The van der Waals surface area contributed by atoms with Gasteiger partial charge in [-0.15, -0.1) is 0 Å². The van der Waals surface area contributed by atoms with Gasteiger partial charge in [0.25, 0.3) is 0 Å². The predicted octanol–water partition coefficient (Wildman–Crippen LogP) is 1.39. The van der Waals surface area contributed by atoms with E-state index >= 15 is 0 Å². The number of rotatable bonds is 1. The molecule has 0 atom stereocenters. The van der Waals surface area contributed by atoms with Crippen LogP contribution in [-0.2, 0) is 0 Å². The lowest BCUT2D eigenvalue weighted by Crippen LogP contribution is -1.98. The average Bonchev–Trinajstić information content (AvgIpc) is 2.40. The van der Waals surface area contributed by atoms with Crippen molar-refractivity contribution < 1.29 is 9.90 Å². The summed E-state index contributed by atoms with van der Waals surface area (Å²) in [6.45, 7) is 1.77. The van der Waals surface area contributed by atoms with Gasteiger partial charge in [-0.25, -0.2) is 14.3 Å². The normalized spacial score (nSPS) is 10.7. The minimum atomic E-state index is -1.12. The summed E-state index contributed by atoms with van der Waals surface area (Å²) in [6.07, 6.45) is 1.62. The van der Waals surface area contributed by atoms with Gasteiger partial charge in [0.1, 0.15) is 5.56 Å². The van der Waals surface area contributed by atoms with Crippen LogP contribution in [-0.4, -0.2) is 25.7 Å². The molecule has 2 aromatic heterocycles. The first-order valence-corrected chi connectivity index (χ1v) is 4.22. The molecular formula is C8H6ClN3O2. The van der Waals surface area contributed by atoms with Gasteiger partial charge in [-0.3, -0.25) is 0 Å². The lowest BCUT2D eigenvalue weighted by Gasteiger charge is -1.94. The molecule has 0 amide bonds. The predicted molar refractivity (Wildman–Crippen MR) is 49.7 cm³/mol. The van der Waals surface area contributed by atoms with E-state index in [1.807, 2.05) is 0 Å². The van der Waals surface area contributed by atoms with Crippen molar-refractivity contribution in [3.8, 4) is 0 Å². The summed E-state index contributed by atoms with van der Waals surface area (Å²) < 4.78 is 1.35. The van der Waals surface area contributed by atoms with Crippen LogP contribution in [0, 0.1) is 6.92 Å². The van der Waals surface area contributed by atoms with Gasteiger partial charge in [0, 0.05) is 11.9 Å². The molecule has 0 radical (unpaired) electrons. The van der Waals surface area contributed by atoms with Crippen LogP contribution >= 0.6 is 11.6 Å². The molecule has 0 aromatic carbocycles. The van der Waals surface area contributed by atoms with Crippen molar-refractivity contribution in [2.75, 3.05) is 0 Å². The van der Waals surface area contributed by atoms with Gasteiger partial charge in [0.05, 0.1) is 0 Å². The Morgan fingerprint density at radius 2 is 2.36 bits per heavy atom. The standard InChI is InChI=1S/C8H6ClN3O2/c1-4-2-3-12-7(10-4)5(8(13)14)6(9)11-12/h2-3H,1H3,(H,13,14). The summed E-state index contributed by atoms with van der Waals surface area (Å²) in [5.74, 6) is -1.12. The lowest BCUT2D eigenvalue weighted by molar-refractivity contribution is 0.0699. The van der Waals surface area contributed by atoms with Crippen LogP contribution in [0.25, 0.3) is 5.65 Å². The molecule has 5 nitrogen and oxygen atoms in total. The van der Waals surface area contributed by atoms with Gasteiger partial charge in [-0.05, 0) is 13.0 Å². The number of carbonyl (C=O) groups is 1. The summed E-state index contributed by atoms with van der Waals surface area (Å²) >= 11 is 5.66. The molecule has 0 saturated heterocycles. The zero-order valence-corrected chi connectivity index (χ0v) is 7.99. The molecule has 2 aromatic rings. The molecule has 0 aliphatic heterocycles. The molecule has 0 bridgehead atoms. The molecule has 2 rings (SSSR count). The van der Waals surface area contributed by atoms with Gasteiger partial charge in [0.2, 0.25) is 0 Å². The maximum absolute atomic E-state index is 10.8. The second kappa shape index (κ2) is 2.95. The molecule has 0 aliphatic carbocycles. The number of fused-ring (bicyclic) bond motifs is 1. The Bertz CT molecular complexity index is 521. The fourth-order valence-corrected chi connectivity index (χ4v) is 1.42. The van der Waals surface area contributed by atoms with Crippen LogP contribution in [0.4, 0.5) is 0 Å². The van der Waals surface area contributed by atoms with E-state index in [0.717, 1.165) is 5.69 Å². The number of carboxylic acid groups (broad SMARTS) is 1.